The molecule has 0 radical (unpaired) electrons. The van der Waals surface area contributed by atoms with E-state index in [1.165, 1.54) is 18.2 Å². The monoisotopic (exact) mass is 289 g/mol. The Morgan fingerprint density at radius 1 is 1.52 bits per heavy atom. The normalized spacial score (nSPS) is 17.8. The van der Waals surface area contributed by atoms with Gasteiger partial charge in [0.05, 0.1) is 5.56 Å². The fourth-order valence-corrected chi connectivity index (χ4v) is 2.83. The van der Waals surface area contributed by atoms with E-state index in [4.69, 9.17) is 5.11 Å². The first-order valence-corrected chi connectivity index (χ1v) is 7.25. The molecule has 1 fully saturated rings. The number of aliphatic hydroxyl groups excluding tert-OH is 1. The second-order valence-corrected chi connectivity index (χ2v) is 5.60. The van der Waals surface area contributed by atoms with Crippen LogP contribution in [0.25, 0.3) is 0 Å². The van der Waals surface area contributed by atoms with Crippen LogP contribution in [-0.4, -0.2) is 35.1 Å². The summed E-state index contributed by atoms with van der Waals surface area (Å²) in [5.41, 5.74) is 0.744. The Labute approximate surface area is 124 Å². The number of nitrogens with zero attached hydrogens (tertiary/aromatic N) is 1. The van der Waals surface area contributed by atoms with E-state index in [2.05, 4.69) is 25.7 Å². The van der Waals surface area contributed by atoms with Gasteiger partial charge in [-0.05, 0) is 37.0 Å². The molecule has 2 rings (SSSR count). The lowest BCUT2D eigenvalue weighted by molar-refractivity contribution is 0.0701. The predicted molar refractivity (Wildman–Crippen MR) is 79.3 cm³/mol. The molecule has 1 heterocycles. The van der Waals surface area contributed by atoms with E-state index in [9.17, 15) is 9.18 Å². The van der Waals surface area contributed by atoms with E-state index in [1.807, 2.05) is 4.90 Å². The molecule has 1 saturated heterocycles. The van der Waals surface area contributed by atoms with E-state index in [0.717, 1.165) is 19.4 Å². The molecule has 3 nitrogen and oxygen atoms in total. The molecule has 0 aliphatic carbocycles. The van der Waals surface area contributed by atoms with Gasteiger partial charge in [0, 0.05) is 18.2 Å². The van der Waals surface area contributed by atoms with Gasteiger partial charge >= 0.3 is 0 Å². The van der Waals surface area contributed by atoms with Gasteiger partial charge in [-0.3, -0.25) is 4.79 Å². The number of carbonyl (C=O) groups is 1. The summed E-state index contributed by atoms with van der Waals surface area (Å²) in [4.78, 5) is 14.6. The number of hydrogen-bond donors (Lipinski definition) is 1. The maximum absolute atomic E-state index is 13.4. The minimum absolute atomic E-state index is 0.103. The molecule has 1 aromatic carbocycles. The van der Waals surface area contributed by atoms with Crippen LogP contribution in [0.2, 0.25) is 0 Å². The highest BCUT2D eigenvalue weighted by atomic mass is 19.1. The SMILES string of the molecule is CC(C)C1CCCN1C(=O)c1ccc(F)cc1C#CCO. The van der Waals surface area contributed by atoms with Crippen molar-refractivity contribution in [3.8, 4) is 11.8 Å². The maximum Gasteiger partial charge on any atom is 0.255 e. The van der Waals surface area contributed by atoms with Crippen molar-refractivity contribution in [2.75, 3.05) is 13.2 Å². The summed E-state index contributed by atoms with van der Waals surface area (Å²) in [6.45, 7) is 4.62. The van der Waals surface area contributed by atoms with Gasteiger partial charge in [-0.1, -0.05) is 25.7 Å². The average molecular weight is 289 g/mol. The number of carbonyl (C=O) groups excluding carboxylic acids is 1. The minimum Gasteiger partial charge on any atom is -0.384 e. The van der Waals surface area contributed by atoms with E-state index < -0.39 is 5.82 Å². The van der Waals surface area contributed by atoms with E-state index in [-0.39, 0.29) is 18.6 Å². The Kier molecular flexibility index (Phi) is 4.98. The van der Waals surface area contributed by atoms with Gasteiger partial charge in [-0.15, -0.1) is 0 Å². The fraction of sp³-hybridized carbons (Fsp3) is 0.471. The van der Waals surface area contributed by atoms with Gasteiger partial charge in [0.25, 0.3) is 5.91 Å². The Morgan fingerprint density at radius 2 is 2.29 bits per heavy atom. The lowest BCUT2D eigenvalue weighted by Gasteiger charge is -2.28. The van der Waals surface area contributed by atoms with Crippen molar-refractivity contribution in [3.05, 3.63) is 35.1 Å². The molecule has 1 atom stereocenters. The molecule has 21 heavy (non-hydrogen) atoms. The quantitative estimate of drug-likeness (QED) is 0.850. The lowest BCUT2D eigenvalue weighted by atomic mass is 10.0. The van der Waals surface area contributed by atoms with Gasteiger partial charge < -0.3 is 10.0 Å². The lowest BCUT2D eigenvalue weighted by Crippen LogP contribution is -2.38. The number of amides is 1. The van der Waals surface area contributed by atoms with Crippen LogP contribution >= 0.6 is 0 Å². The van der Waals surface area contributed by atoms with Crippen molar-refractivity contribution < 1.29 is 14.3 Å². The van der Waals surface area contributed by atoms with Crippen LogP contribution in [0, 0.1) is 23.6 Å². The van der Waals surface area contributed by atoms with Gasteiger partial charge in [0.1, 0.15) is 12.4 Å². The summed E-state index contributed by atoms with van der Waals surface area (Å²) in [5.74, 6) is 5.00. The van der Waals surface area contributed by atoms with E-state index in [1.54, 1.807) is 0 Å². The third kappa shape index (κ3) is 3.43. The molecule has 112 valence electrons. The highest BCUT2D eigenvalue weighted by Gasteiger charge is 2.32. The Bertz CT molecular complexity index is 586. The molecule has 1 aliphatic heterocycles. The number of rotatable bonds is 2. The highest BCUT2D eigenvalue weighted by Crippen LogP contribution is 2.26. The molecule has 0 bridgehead atoms. The molecule has 1 aliphatic rings. The van der Waals surface area contributed by atoms with Crippen LogP contribution in [0.4, 0.5) is 4.39 Å². The average Bonchev–Trinajstić information content (AvgIpc) is 2.94. The van der Waals surface area contributed by atoms with Crippen LogP contribution in [0.3, 0.4) is 0 Å². The second kappa shape index (κ2) is 6.73. The van der Waals surface area contributed by atoms with Crippen LogP contribution < -0.4 is 0 Å². The smallest absolute Gasteiger partial charge is 0.255 e. The number of halogens is 1. The van der Waals surface area contributed by atoms with Crippen molar-refractivity contribution in [1.82, 2.24) is 4.90 Å². The highest BCUT2D eigenvalue weighted by molar-refractivity contribution is 5.97. The van der Waals surface area contributed by atoms with Crippen molar-refractivity contribution in [3.63, 3.8) is 0 Å². The molecule has 1 N–H and O–H groups in total. The molecular weight excluding hydrogens is 269 g/mol. The molecule has 4 heteroatoms. The summed E-state index contributed by atoms with van der Waals surface area (Å²) in [6, 6.07) is 4.23. The Balaban J connectivity index is 2.34. The second-order valence-electron chi connectivity index (χ2n) is 5.60. The van der Waals surface area contributed by atoms with E-state index in [0.29, 0.717) is 17.0 Å². The van der Waals surface area contributed by atoms with Crippen LogP contribution in [0.15, 0.2) is 18.2 Å². The van der Waals surface area contributed by atoms with Crippen molar-refractivity contribution in [1.29, 1.82) is 0 Å². The third-order valence-electron chi connectivity index (χ3n) is 3.84. The van der Waals surface area contributed by atoms with Gasteiger partial charge in [-0.2, -0.15) is 0 Å². The first-order valence-electron chi connectivity index (χ1n) is 7.25. The predicted octanol–water partition coefficient (Wildman–Crippen LogP) is 2.43. The third-order valence-corrected chi connectivity index (χ3v) is 3.84. The first kappa shape index (κ1) is 15.5. The van der Waals surface area contributed by atoms with Crippen molar-refractivity contribution in [2.45, 2.75) is 32.7 Å². The summed E-state index contributed by atoms with van der Waals surface area (Å²) >= 11 is 0. The first-order chi connectivity index (χ1) is 10.0. The van der Waals surface area contributed by atoms with Gasteiger partial charge in [0.15, 0.2) is 0 Å². The molecule has 0 saturated carbocycles. The molecule has 0 aromatic heterocycles. The summed E-state index contributed by atoms with van der Waals surface area (Å²) in [6.07, 6.45) is 2.00. The molecule has 1 amide bonds. The molecule has 1 unspecified atom stereocenters. The van der Waals surface area contributed by atoms with Crippen LogP contribution in [0.1, 0.15) is 42.6 Å². The topological polar surface area (TPSA) is 40.5 Å². The zero-order valence-electron chi connectivity index (χ0n) is 12.4. The van der Waals surface area contributed by atoms with Crippen LogP contribution in [0.5, 0.6) is 0 Å². The van der Waals surface area contributed by atoms with Gasteiger partial charge in [0.2, 0.25) is 0 Å². The zero-order valence-corrected chi connectivity index (χ0v) is 12.4. The standard InChI is InChI=1S/C17H20FNO2/c1-12(2)16-6-3-9-19(16)17(21)15-8-7-14(18)11-13(15)5-4-10-20/h7-8,11-12,16,20H,3,6,9-10H2,1-2H3. The maximum atomic E-state index is 13.4. The molecule has 0 spiro atoms. The molecular formula is C17H20FNO2. The number of hydrogen-bond acceptors (Lipinski definition) is 2. The largest absolute Gasteiger partial charge is 0.384 e. The number of benzene rings is 1. The van der Waals surface area contributed by atoms with Crippen molar-refractivity contribution in [2.24, 2.45) is 5.92 Å². The Hall–Kier alpha value is -1.86. The summed E-state index contributed by atoms with van der Waals surface area (Å²) in [7, 11) is 0. The zero-order chi connectivity index (χ0) is 15.4. The molecule has 1 aromatic rings. The fourth-order valence-electron chi connectivity index (χ4n) is 2.83. The minimum atomic E-state index is -0.435. The number of likely N-dealkylation sites (tertiary alicyclic amines) is 1. The van der Waals surface area contributed by atoms with E-state index >= 15 is 0 Å². The summed E-state index contributed by atoms with van der Waals surface area (Å²) in [5, 5.41) is 8.79. The summed E-state index contributed by atoms with van der Waals surface area (Å²) < 4.78 is 13.4. The van der Waals surface area contributed by atoms with Crippen LogP contribution in [-0.2, 0) is 0 Å². The van der Waals surface area contributed by atoms with Gasteiger partial charge in [-0.25, -0.2) is 4.39 Å². The van der Waals surface area contributed by atoms with Crippen molar-refractivity contribution >= 4 is 5.91 Å². The Morgan fingerprint density at radius 3 is 2.95 bits per heavy atom. The number of aliphatic hydroxyl groups is 1.